The summed E-state index contributed by atoms with van der Waals surface area (Å²) < 4.78 is 5.01. The summed E-state index contributed by atoms with van der Waals surface area (Å²) in [5.41, 5.74) is 0.605. The molecule has 0 spiro atoms. The molecular weight excluding hydrogens is 237 g/mol. The molecule has 82 valence electrons. The Morgan fingerprint density at radius 3 is 2.73 bits per heavy atom. The number of hydrogen-bond acceptors (Lipinski definition) is 2. The molecule has 0 fully saturated rings. The first kappa shape index (κ1) is 12.1. The zero-order valence-corrected chi connectivity index (χ0v) is 9.89. The van der Waals surface area contributed by atoms with Crippen LogP contribution in [0.1, 0.15) is 6.92 Å². The summed E-state index contributed by atoms with van der Waals surface area (Å²) in [7, 11) is 1.51. The van der Waals surface area contributed by atoms with E-state index in [0.717, 1.165) is 0 Å². The largest absolute Gasteiger partial charge is 0.495 e. The van der Waals surface area contributed by atoms with Crippen LogP contribution in [-0.4, -0.2) is 18.4 Å². The average Bonchev–Trinajstić information content (AvgIpc) is 2.20. The van der Waals surface area contributed by atoms with Crippen LogP contribution < -0.4 is 10.1 Å². The SMILES string of the molecule is COc1cc(NC(=O)C(C)Cl)ccc1Cl. The van der Waals surface area contributed by atoms with Gasteiger partial charge in [0.25, 0.3) is 0 Å². The summed E-state index contributed by atoms with van der Waals surface area (Å²) in [6.45, 7) is 1.60. The minimum atomic E-state index is -0.577. The highest BCUT2D eigenvalue weighted by atomic mass is 35.5. The summed E-state index contributed by atoms with van der Waals surface area (Å²) in [6.07, 6.45) is 0. The number of ether oxygens (including phenoxy) is 1. The summed E-state index contributed by atoms with van der Waals surface area (Å²) in [6, 6.07) is 4.97. The Morgan fingerprint density at radius 1 is 1.53 bits per heavy atom. The number of nitrogens with one attached hydrogen (secondary N) is 1. The summed E-state index contributed by atoms with van der Waals surface area (Å²) in [5, 5.41) is 2.55. The molecule has 3 nitrogen and oxygen atoms in total. The highest BCUT2D eigenvalue weighted by molar-refractivity contribution is 6.33. The predicted molar refractivity (Wildman–Crippen MR) is 61.9 cm³/mol. The number of halogens is 2. The first-order valence-electron chi connectivity index (χ1n) is 4.33. The van der Waals surface area contributed by atoms with Gasteiger partial charge in [0.05, 0.1) is 12.1 Å². The number of carbonyl (C=O) groups is 1. The van der Waals surface area contributed by atoms with Crippen LogP contribution in [0.5, 0.6) is 5.75 Å². The standard InChI is InChI=1S/C10H11Cl2NO2/c1-6(11)10(14)13-7-3-4-8(12)9(5-7)15-2/h3-6H,1-2H3,(H,13,14). The lowest BCUT2D eigenvalue weighted by Crippen LogP contribution is -2.20. The van der Waals surface area contributed by atoms with Crippen molar-refractivity contribution in [3.63, 3.8) is 0 Å². The Labute approximate surface area is 98.3 Å². The normalized spacial score (nSPS) is 12.0. The maximum absolute atomic E-state index is 11.3. The molecule has 1 amide bonds. The second kappa shape index (κ2) is 5.24. The third kappa shape index (κ3) is 3.29. The average molecular weight is 248 g/mol. The van der Waals surface area contributed by atoms with Crippen molar-refractivity contribution in [2.75, 3.05) is 12.4 Å². The number of carbonyl (C=O) groups excluding carboxylic acids is 1. The fourth-order valence-corrected chi connectivity index (χ4v) is 1.23. The van der Waals surface area contributed by atoms with E-state index in [4.69, 9.17) is 27.9 Å². The van der Waals surface area contributed by atoms with E-state index in [1.165, 1.54) is 7.11 Å². The molecule has 5 heteroatoms. The first-order valence-corrected chi connectivity index (χ1v) is 5.14. The van der Waals surface area contributed by atoms with E-state index in [1.807, 2.05) is 0 Å². The van der Waals surface area contributed by atoms with E-state index in [0.29, 0.717) is 16.5 Å². The third-order valence-electron chi connectivity index (χ3n) is 1.78. The van der Waals surface area contributed by atoms with E-state index < -0.39 is 5.38 Å². The molecule has 1 rings (SSSR count). The van der Waals surface area contributed by atoms with Crippen molar-refractivity contribution >= 4 is 34.8 Å². The van der Waals surface area contributed by atoms with Crippen LogP contribution in [0, 0.1) is 0 Å². The highest BCUT2D eigenvalue weighted by Crippen LogP contribution is 2.27. The lowest BCUT2D eigenvalue weighted by molar-refractivity contribution is -0.115. The fourth-order valence-electron chi connectivity index (χ4n) is 0.979. The topological polar surface area (TPSA) is 38.3 Å². The second-order valence-electron chi connectivity index (χ2n) is 2.95. The molecule has 0 aliphatic rings. The van der Waals surface area contributed by atoms with Gasteiger partial charge in [-0.1, -0.05) is 11.6 Å². The molecule has 1 aromatic carbocycles. The van der Waals surface area contributed by atoms with Crippen LogP contribution in [0.25, 0.3) is 0 Å². The molecule has 0 bridgehead atoms. The molecule has 1 aromatic rings. The summed E-state index contributed by atoms with van der Waals surface area (Å²) in [4.78, 5) is 11.3. The van der Waals surface area contributed by atoms with Crippen LogP contribution in [0.3, 0.4) is 0 Å². The maximum Gasteiger partial charge on any atom is 0.242 e. The van der Waals surface area contributed by atoms with Gasteiger partial charge in [-0.3, -0.25) is 4.79 Å². The van der Waals surface area contributed by atoms with E-state index in [9.17, 15) is 4.79 Å². The lowest BCUT2D eigenvalue weighted by atomic mass is 10.3. The van der Waals surface area contributed by atoms with E-state index in [2.05, 4.69) is 5.32 Å². The Kier molecular flexibility index (Phi) is 4.24. The minimum absolute atomic E-state index is 0.263. The van der Waals surface area contributed by atoms with Crippen molar-refractivity contribution < 1.29 is 9.53 Å². The smallest absolute Gasteiger partial charge is 0.242 e. The van der Waals surface area contributed by atoms with Crippen LogP contribution >= 0.6 is 23.2 Å². The first-order chi connectivity index (χ1) is 7.04. The Bertz CT molecular complexity index is 366. The van der Waals surface area contributed by atoms with Crippen molar-refractivity contribution in [3.8, 4) is 5.75 Å². The van der Waals surface area contributed by atoms with Crippen LogP contribution in [0.4, 0.5) is 5.69 Å². The van der Waals surface area contributed by atoms with Gasteiger partial charge in [-0.15, -0.1) is 11.6 Å². The Balaban J connectivity index is 2.83. The molecule has 1 atom stereocenters. The number of anilines is 1. The molecule has 0 aliphatic heterocycles. The van der Waals surface area contributed by atoms with E-state index >= 15 is 0 Å². The van der Waals surface area contributed by atoms with Gasteiger partial charge >= 0.3 is 0 Å². The molecule has 0 aromatic heterocycles. The van der Waals surface area contributed by atoms with Gasteiger partial charge in [0.15, 0.2) is 0 Å². The predicted octanol–water partition coefficient (Wildman–Crippen LogP) is 2.91. The van der Waals surface area contributed by atoms with Crippen LogP contribution in [0.2, 0.25) is 5.02 Å². The monoisotopic (exact) mass is 247 g/mol. The molecule has 0 radical (unpaired) electrons. The van der Waals surface area contributed by atoms with Gasteiger partial charge in [-0.2, -0.15) is 0 Å². The molecule has 1 N–H and O–H groups in total. The molecule has 0 saturated heterocycles. The number of amides is 1. The second-order valence-corrected chi connectivity index (χ2v) is 4.02. The van der Waals surface area contributed by atoms with Gasteiger partial charge in [-0.25, -0.2) is 0 Å². The highest BCUT2D eigenvalue weighted by Gasteiger charge is 2.10. The number of rotatable bonds is 3. The number of methoxy groups -OCH3 is 1. The number of benzene rings is 1. The van der Waals surface area contributed by atoms with E-state index in [-0.39, 0.29) is 5.91 Å². The van der Waals surface area contributed by atoms with Crippen LogP contribution in [0.15, 0.2) is 18.2 Å². The fraction of sp³-hybridized carbons (Fsp3) is 0.300. The quantitative estimate of drug-likeness (QED) is 0.835. The Morgan fingerprint density at radius 2 is 2.20 bits per heavy atom. The van der Waals surface area contributed by atoms with Gasteiger partial charge in [0, 0.05) is 11.8 Å². The Hall–Kier alpha value is -0.930. The summed E-state index contributed by atoms with van der Waals surface area (Å²) >= 11 is 11.4. The van der Waals surface area contributed by atoms with Crippen molar-refractivity contribution in [2.45, 2.75) is 12.3 Å². The van der Waals surface area contributed by atoms with E-state index in [1.54, 1.807) is 25.1 Å². The van der Waals surface area contributed by atoms with Crippen molar-refractivity contribution in [3.05, 3.63) is 23.2 Å². The molecule has 1 unspecified atom stereocenters. The zero-order valence-electron chi connectivity index (χ0n) is 8.38. The minimum Gasteiger partial charge on any atom is -0.495 e. The molecule has 0 saturated carbocycles. The molecular formula is C10H11Cl2NO2. The van der Waals surface area contributed by atoms with Gasteiger partial charge in [-0.05, 0) is 19.1 Å². The molecule has 0 aliphatic carbocycles. The summed E-state index contributed by atoms with van der Waals surface area (Å²) in [5.74, 6) is 0.248. The van der Waals surface area contributed by atoms with Crippen LogP contribution in [-0.2, 0) is 4.79 Å². The van der Waals surface area contributed by atoms with Crippen molar-refractivity contribution in [1.29, 1.82) is 0 Å². The van der Waals surface area contributed by atoms with Gasteiger partial charge in [0.2, 0.25) is 5.91 Å². The maximum atomic E-state index is 11.3. The van der Waals surface area contributed by atoms with Gasteiger partial charge in [0.1, 0.15) is 11.1 Å². The number of alkyl halides is 1. The molecule has 15 heavy (non-hydrogen) atoms. The third-order valence-corrected chi connectivity index (χ3v) is 2.29. The van der Waals surface area contributed by atoms with Crippen molar-refractivity contribution in [2.24, 2.45) is 0 Å². The lowest BCUT2D eigenvalue weighted by Gasteiger charge is -2.09. The van der Waals surface area contributed by atoms with Gasteiger partial charge < -0.3 is 10.1 Å². The molecule has 0 heterocycles. The number of hydrogen-bond donors (Lipinski definition) is 1. The van der Waals surface area contributed by atoms with Crippen molar-refractivity contribution in [1.82, 2.24) is 0 Å². The zero-order chi connectivity index (χ0) is 11.4.